The summed E-state index contributed by atoms with van der Waals surface area (Å²) in [5.74, 6) is -0.482. The van der Waals surface area contributed by atoms with E-state index in [4.69, 9.17) is 4.74 Å². The first-order chi connectivity index (χ1) is 15.5. The van der Waals surface area contributed by atoms with Crippen molar-refractivity contribution < 1.29 is 19.4 Å². The van der Waals surface area contributed by atoms with Gasteiger partial charge in [-0.3, -0.25) is 9.59 Å². The first kappa shape index (κ1) is 24.0. The van der Waals surface area contributed by atoms with Crippen LogP contribution in [0.2, 0.25) is 0 Å². The summed E-state index contributed by atoms with van der Waals surface area (Å²) in [6.07, 6.45) is 1.67. The third kappa shape index (κ3) is 5.22. The maximum absolute atomic E-state index is 13.3. The van der Waals surface area contributed by atoms with Gasteiger partial charge in [-0.15, -0.1) is 11.3 Å². The molecule has 0 spiro atoms. The predicted octanol–water partition coefficient (Wildman–Crippen LogP) is 4.85. The van der Waals surface area contributed by atoms with Crippen LogP contribution in [0.15, 0.2) is 53.1 Å². The summed E-state index contributed by atoms with van der Waals surface area (Å²) in [4.78, 5) is 30.7. The molecule has 1 amide bonds. The van der Waals surface area contributed by atoms with E-state index in [0.29, 0.717) is 18.0 Å². The second-order valence-corrected chi connectivity index (χ2v) is 8.72. The Balaban J connectivity index is 1.90. The number of ketones is 1. The summed E-state index contributed by atoms with van der Waals surface area (Å²) in [6, 6.07) is 10.4. The number of Topliss-reactive ketones (excluding diaryl/α,β-unsaturated/α-hetero) is 1. The van der Waals surface area contributed by atoms with Crippen LogP contribution >= 0.6 is 11.3 Å². The zero-order valence-electron chi connectivity index (χ0n) is 19.0. The molecule has 1 N–H and O–H groups in total. The van der Waals surface area contributed by atoms with E-state index in [1.54, 1.807) is 17.0 Å². The Morgan fingerprint density at radius 3 is 2.47 bits per heavy atom. The molecule has 1 aliphatic heterocycles. The SMILES string of the molecule is CCCOc1ccc([C@@H]2C(C(=O)c3cccs3)=C(O)C(=O)N2CCCN(CC)CC)cc1. The fourth-order valence-corrected chi connectivity index (χ4v) is 4.65. The monoisotopic (exact) mass is 456 g/mol. The highest BCUT2D eigenvalue weighted by atomic mass is 32.1. The Hall–Kier alpha value is -2.64. The number of amides is 1. The van der Waals surface area contributed by atoms with Gasteiger partial charge in [-0.2, -0.15) is 0 Å². The number of aliphatic hydroxyl groups is 1. The summed E-state index contributed by atoms with van der Waals surface area (Å²) in [6.45, 7) is 10.1. The average molecular weight is 457 g/mol. The van der Waals surface area contributed by atoms with Crippen molar-refractivity contribution in [3.63, 3.8) is 0 Å². The molecule has 0 saturated carbocycles. The van der Waals surface area contributed by atoms with Gasteiger partial charge in [0, 0.05) is 6.54 Å². The van der Waals surface area contributed by atoms with Crippen LogP contribution in [0.5, 0.6) is 5.75 Å². The van der Waals surface area contributed by atoms with Gasteiger partial charge < -0.3 is 19.6 Å². The van der Waals surface area contributed by atoms with Gasteiger partial charge >= 0.3 is 0 Å². The Labute approximate surface area is 194 Å². The van der Waals surface area contributed by atoms with Gasteiger partial charge in [0.05, 0.1) is 23.1 Å². The van der Waals surface area contributed by atoms with Gasteiger partial charge in [0.1, 0.15) is 5.75 Å². The highest BCUT2D eigenvalue weighted by molar-refractivity contribution is 7.12. The molecule has 0 radical (unpaired) electrons. The van der Waals surface area contributed by atoms with E-state index >= 15 is 0 Å². The highest BCUT2D eigenvalue weighted by Crippen LogP contribution is 2.40. The zero-order valence-corrected chi connectivity index (χ0v) is 19.9. The molecule has 32 heavy (non-hydrogen) atoms. The molecule has 3 rings (SSSR count). The van der Waals surface area contributed by atoms with Crippen molar-refractivity contribution >= 4 is 23.0 Å². The van der Waals surface area contributed by atoms with Crippen LogP contribution in [0.3, 0.4) is 0 Å². The first-order valence-electron chi connectivity index (χ1n) is 11.3. The van der Waals surface area contributed by atoms with Crippen molar-refractivity contribution in [2.24, 2.45) is 0 Å². The second-order valence-electron chi connectivity index (χ2n) is 7.77. The molecule has 0 saturated heterocycles. The smallest absolute Gasteiger partial charge is 0.290 e. The quantitative estimate of drug-likeness (QED) is 0.463. The normalized spacial score (nSPS) is 16.3. The molecule has 0 fully saturated rings. The molecule has 6 nitrogen and oxygen atoms in total. The minimum atomic E-state index is -0.617. The van der Waals surface area contributed by atoms with Gasteiger partial charge in [0.2, 0.25) is 5.78 Å². The van der Waals surface area contributed by atoms with Crippen LogP contribution in [-0.2, 0) is 4.79 Å². The van der Waals surface area contributed by atoms with E-state index in [0.717, 1.165) is 43.8 Å². The molecule has 172 valence electrons. The van der Waals surface area contributed by atoms with E-state index < -0.39 is 17.7 Å². The number of hydrogen-bond acceptors (Lipinski definition) is 6. The maximum atomic E-state index is 13.3. The van der Waals surface area contributed by atoms with Crippen molar-refractivity contribution in [3.05, 3.63) is 63.6 Å². The van der Waals surface area contributed by atoms with Crippen LogP contribution in [0.25, 0.3) is 0 Å². The van der Waals surface area contributed by atoms with E-state index in [-0.39, 0.29) is 11.4 Å². The predicted molar refractivity (Wildman–Crippen MR) is 127 cm³/mol. The lowest BCUT2D eigenvalue weighted by Gasteiger charge is -2.28. The molecule has 0 unspecified atom stereocenters. The van der Waals surface area contributed by atoms with Crippen molar-refractivity contribution in [3.8, 4) is 5.75 Å². The fraction of sp³-hybridized carbons (Fsp3) is 0.440. The summed E-state index contributed by atoms with van der Waals surface area (Å²) in [7, 11) is 0. The van der Waals surface area contributed by atoms with Gasteiger partial charge in [-0.25, -0.2) is 0 Å². The second kappa shape index (κ2) is 11.3. The molecule has 0 bridgehead atoms. The van der Waals surface area contributed by atoms with Gasteiger partial charge in [-0.05, 0) is 61.6 Å². The number of ether oxygens (including phenoxy) is 1. The van der Waals surface area contributed by atoms with Crippen molar-refractivity contribution in [1.29, 1.82) is 0 Å². The number of aliphatic hydroxyl groups excluding tert-OH is 1. The summed E-state index contributed by atoms with van der Waals surface area (Å²) in [5.41, 5.74) is 0.941. The van der Waals surface area contributed by atoms with Crippen LogP contribution in [-0.4, -0.2) is 59.4 Å². The number of thiophene rings is 1. The number of hydrogen-bond donors (Lipinski definition) is 1. The lowest BCUT2D eigenvalue weighted by Crippen LogP contribution is -2.34. The Morgan fingerprint density at radius 1 is 1.16 bits per heavy atom. The van der Waals surface area contributed by atoms with Crippen molar-refractivity contribution in [2.45, 2.75) is 39.7 Å². The minimum Gasteiger partial charge on any atom is -0.503 e. The van der Waals surface area contributed by atoms with E-state index in [2.05, 4.69) is 18.7 Å². The van der Waals surface area contributed by atoms with E-state index in [1.807, 2.05) is 36.6 Å². The van der Waals surface area contributed by atoms with E-state index in [9.17, 15) is 14.7 Å². The maximum Gasteiger partial charge on any atom is 0.290 e. The number of carbonyl (C=O) groups is 2. The topological polar surface area (TPSA) is 70.1 Å². The fourth-order valence-electron chi connectivity index (χ4n) is 3.97. The molecule has 0 aliphatic carbocycles. The van der Waals surface area contributed by atoms with Gasteiger partial charge in [-0.1, -0.05) is 39.0 Å². The molecule has 1 aliphatic rings. The minimum absolute atomic E-state index is 0.155. The summed E-state index contributed by atoms with van der Waals surface area (Å²) >= 11 is 1.31. The molecule has 2 heterocycles. The third-order valence-electron chi connectivity index (χ3n) is 5.73. The number of carbonyl (C=O) groups excluding carboxylic acids is 2. The van der Waals surface area contributed by atoms with Crippen LogP contribution in [0.4, 0.5) is 0 Å². The van der Waals surface area contributed by atoms with Gasteiger partial charge in [0.15, 0.2) is 5.76 Å². The number of rotatable bonds is 12. The molecule has 2 aromatic rings. The Bertz CT molecular complexity index is 933. The van der Waals surface area contributed by atoms with Crippen molar-refractivity contribution in [1.82, 2.24) is 9.80 Å². The first-order valence-corrected chi connectivity index (χ1v) is 12.2. The summed E-state index contributed by atoms with van der Waals surface area (Å²) < 4.78 is 5.68. The highest BCUT2D eigenvalue weighted by Gasteiger charge is 2.43. The standard InChI is InChI=1S/C25H32N2O4S/c1-4-16-31-19-12-10-18(11-13-19)22-21(23(28)20-9-7-17-32-20)24(29)25(30)27(22)15-8-14-26(5-2)6-3/h7,9-13,17,22,29H,4-6,8,14-16H2,1-3H3/t22-/m1/s1. The van der Waals surface area contributed by atoms with Crippen LogP contribution < -0.4 is 4.74 Å². The van der Waals surface area contributed by atoms with E-state index in [1.165, 1.54) is 11.3 Å². The van der Waals surface area contributed by atoms with Crippen molar-refractivity contribution in [2.75, 3.05) is 32.8 Å². The molecule has 1 atom stereocenters. The molecule has 7 heteroatoms. The zero-order chi connectivity index (χ0) is 23.1. The number of benzene rings is 1. The molecular formula is C25H32N2O4S. The summed E-state index contributed by atoms with van der Waals surface area (Å²) in [5, 5.41) is 12.6. The van der Waals surface area contributed by atoms with Crippen LogP contribution in [0, 0.1) is 0 Å². The lowest BCUT2D eigenvalue weighted by molar-refractivity contribution is -0.129. The number of nitrogens with zero attached hydrogens (tertiary/aromatic N) is 2. The Kier molecular flexibility index (Phi) is 8.47. The van der Waals surface area contributed by atoms with Crippen LogP contribution in [0.1, 0.15) is 54.9 Å². The molecule has 1 aromatic heterocycles. The molecular weight excluding hydrogens is 424 g/mol. The Morgan fingerprint density at radius 2 is 1.88 bits per heavy atom. The molecule has 1 aromatic carbocycles. The third-order valence-corrected chi connectivity index (χ3v) is 6.60. The average Bonchev–Trinajstić information content (AvgIpc) is 3.43. The van der Waals surface area contributed by atoms with Gasteiger partial charge in [0.25, 0.3) is 5.91 Å². The largest absolute Gasteiger partial charge is 0.503 e. The lowest BCUT2D eigenvalue weighted by atomic mass is 9.95.